The predicted molar refractivity (Wildman–Crippen MR) is 117 cm³/mol. The molecule has 2 unspecified atom stereocenters. The number of hydrogen-bond donors (Lipinski definition) is 4. The zero-order valence-electron chi connectivity index (χ0n) is 16.6. The third kappa shape index (κ3) is 5.69. The van der Waals surface area contributed by atoms with Crippen LogP contribution in [0.3, 0.4) is 0 Å². The lowest BCUT2D eigenvalue weighted by Gasteiger charge is -2.29. The number of hydrogen-bond acceptors (Lipinski definition) is 2. The molecule has 4 nitrogen and oxygen atoms in total. The zero-order valence-corrected chi connectivity index (χ0v) is 16.6. The Morgan fingerprint density at radius 2 is 1.25 bits per heavy atom. The van der Waals surface area contributed by atoms with Gasteiger partial charge in [-0.1, -0.05) is 55.7 Å². The molecule has 2 aromatic rings. The third-order valence-corrected chi connectivity index (χ3v) is 6.05. The molecule has 4 heteroatoms. The Kier molecular flexibility index (Phi) is 6.85. The van der Waals surface area contributed by atoms with E-state index < -0.39 is 0 Å². The molecule has 1 aliphatic rings. The molecule has 28 heavy (non-hydrogen) atoms. The summed E-state index contributed by atoms with van der Waals surface area (Å²) in [7, 11) is 0. The lowest BCUT2D eigenvalue weighted by atomic mass is 9.77. The van der Waals surface area contributed by atoms with Gasteiger partial charge in [-0.15, -0.1) is 0 Å². The van der Waals surface area contributed by atoms with Gasteiger partial charge in [0.1, 0.15) is 11.7 Å². The standard InChI is InChI=1S/C24H32N4/c25-23(26)21-8-2-6-19(15-21)12-10-17-4-1-5-18(14-17)11-13-20-7-3-9-22(16-20)24(27)28/h2-3,6-9,15-18H,1,4-5,10-14H2,(H3,25,26)(H3,27,28). The summed E-state index contributed by atoms with van der Waals surface area (Å²) in [5.41, 5.74) is 15.5. The maximum atomic E-state index is 7.60. The topological polar surface area (TPSA) is 99.7 Å². The first-order valence-electron chi connectivity index (χ1n) is 10.4. The van der Waals surface area contributed by atoms with E-state index in [-0.39, 0.29) is 11.7 Å². The summed E-state index contributed by atoms with van der Waals surface area (Å²) in [5.74, 6) is 1.88. The van der Waals surface area contributed by atoms with Gasteiger partial charge in [-0.05, 0) is 67.2 Å². The predicted octanol–water partition coefficient (Wildman–Crippen LogP) is 4.63. The lowest BCUT2D eigenvalue weighted by molar-refractivity contribution is 0.244. The van der Waals surface area contributed by atoms with Crippen molar-refractivity contribution in [2.45, 2.75) is 51.4 Å². The highest BCUT2D eigenvalue weighted by atomic mass is 14.7. The molecule has 3 rings (SSSR count). The fourth-order valence-electron chi connectivity index (χ4n) is 4.46. The van der Waals surface area contributed by atoms with E-state index in [0.29, 0.717) is 0 Å². The van der Waals surface area contributed by atoms with Crippen molar-refractivity contribution in [3.05, 3.63) is 70.8 Å². The van der Waals surface area contributed by atoms with Gasteiger partial charge in [0.25, 0.3) is 0 Å². The molecular formula is C24H32N4. The molecule has 0 spiro atoms. The maximum Gasteiger partial charge on any atom is 0.122 e. The average molecular weight is 377 g/mol. The smallest absolute Gasteiger partial charge is 0.122 e. The van der Waals surface area contributed by atoms with E-state index in [0.717, 1.165) is 35.8 Å². The van der Waals surface area contributed by atoms with E-state index in [4.69, 9.17) is 22.3 Å². The normalized spacial score (nSPS) is 19.3. The summed E-state index contributed by atoms with van der Waals surface area (Å²) in [5, 5.41) is 15.2. The number of rotatable bonds is 8. The van der Waals surface area contributed by atoms with Gasteiger partial charge in [-0.25, -0.2) is 0 Å². The van der Waals surface area contributed by atoms with Crippen LogP contribution in [0.2, 0.25) is 0 Å². The first kappa shape index (κ1) is 20.1. The molecule has 0 aliphatic heterocycles. The van der Waals surface area contributed by atoms with Crippen molar-refractivity contribution in [1.82, 2.24) is 0 Å². The molecular weight excluding hydrogens is 344 g/mol. The van der Waals surface area contributed by atoms with Crippen LogP contribution >= 0.6 is 0 Å². The van der Waals surface area contributed by atoms with Crippen molar-refractivity contribution < 1.29 is 0 Å². The largest absolute Gasteiger partial charge is 0.384 e. The number of nitrogens with two attached hydrogens (primary N) is 2. The van der Waals surface area contributed by atoms with Gasteiger partial charge in [0.2, 0.25) is 0 Å². The molecule has 2 aromatic carbocycles. The van der Waals surface area contributed by atoms with Crippen LogP contribution in [0.25, 0.3) is 0 Å². The average Bonchev–Trinajstić information content (AvgIpc) is 2.71. The van der Waals surface area contributed by atoms with Crippen molar-refractivity contribution in [1.29, 1.82) is 10.8 Å². The van der Waals surface area contributed by atoms with Crippen LogP contribution in [0.5, 0.6) is 0 Å². The van der Waals surface area contributed by atoms with Gasteiger partial charge in [-0.2, -0.15) is 0 Å². The van der Waals surface area contributed by atoms with Gasteiger partial charge in [0, 0.05) is 11.1 Å². The quantitative estimate of drug-likeness (QED) is 0.399. The second-order valence-corrected chi connectivity index (χ2v) is 8.20. The highest BCUT2D eigenvalue weighted by Gasteiger charge is 2.21. The van der Waals surface area contributed by atoms with Crippen LogP contribution in [0.4, 0.5) is 0 Å². The van der Waals surface area contributed by atoms with Crippen molar-refractivity contribution >= 4 is 11.7 Å². The van der Waals surface area contributed by atoms with Gasteiger partial charge < -0.3 is 11.5 Å². The van der Waals surface area contributed by atoms with Crippen LogP contribution in [0, 0.1) is 22.7 Å². The summed E-state index contributed by atoms with van der Waals surface area (Å²) in [6.07, 6.45) is 9.90. The minimum Gasteiger partial charge on any atom is -0.384 e. The Bertz CT molecular complexity index is 759. The maximum absolute atomic E-state index is 7.60. The molecule has 0 heterocycles. The van der Waals surface area contributed by atoms with E-state index in [9.17, 15) is 0 Å². The minimum atomic E-state index is 0.147. The fraction of sp³-hybridized carbons (Fsp3) is 0.417. The van der Waals surface area contributed by atoms with Gasteiger partial charge in [0.05, 0.1) is 0 Å². The molecule has 0 saturated heterocycles. The Morgan fingerprint density at radius 1 is 0.786 bits per heavy atom. The molecule has 0 bridgehead atoms. The number of benzene rings is 2. The summed E-state index contributed by atoms with van der Waals surface area (Å²) >= 11 is 0. The first-order valence-corrected chi connectivity index (χ1v) is 10.4. The summed E-state index contributed by atoms with van der Waals surface area (Å²) < 4.78 is 0. The number of nitrogen functional groups attached to an aromatic ring is 2. The second-order valence-electron chi connectivity index (χ2n) is 8.20. The molecule has 0 radical (unpaired) electrons. The molecule has 0 aromatic heterocycles. The molecule has 1 saturated carbocycles. The molecule has 0 amide bonds. The third-order valence-electron chi connectivity index (χ3n) is 6.05. The lowest BCUT2D eigenvalue weighted by Crippen LogP contribution is -2.17. The number of amidine groups is 2. The van der Waals surface area contributed by atoms with E-state index in [1.807, 2.05) is 24.3 Å². The Hall–Kier alpha value is -2.62. The highest BCUT2D eigenvalue weighted by Crippen LogP contribution is 2.34. The van der Waals surface area contributed by atoms with E-state index >= 15 is 0 Å². The Balaban J connectivity index is 1.49. The summed E-state index contributed by atoms with van der Waals surface area (Å²) in [4.78, 5) is 0. The van der Waals surface area contributed by atoms with Crippen LogP contribution in [-0.2, 0) is 12.8 Å². The number of nitrogens with one attached hydrogen (secondary N) is 2. The fourth-order valence-corrected chi connectivity index (χ4v) is 4.46. The molecule has 2 atom stereocenters. The van der Waals surface area contributed by atoms with Crippen LogP contribution in [0.15, 0.2) is 48.5 Å². The Labute approximate surface area is 168 Å². The van der Waals surface area contributed by atoms with Crippen molar-refractivity contribution in [3.63, 3.8) is 0 Å². The molecule has 6 N–H and O–H groups in total. The van der Waals surface area contributed by atoms with Crippen LogP contribution < -0.4 is 11.5 Å². The molecule has 1 aliphatic carbocycles. The molecule has 148 valence electrons. The second kappa shape index (κ2) is 9.54. The van der Waals surface area contributed by atoms with Crippen LogP contribution in [0.1, 0.15) is 60.8 Å². The Morgan fingerprint density at radius 3 is 1.68 bits per heavy atom. The van der Waals surface area contributed by atoms with Crippen molar-refractivity contribution in [2.75, 3.05) is 0 Å². The van der Waals surface area contributed by atoms with Crippen molar-refractivity contribution in [2.24, 2.45) is 23.3 Å². The molecule has 1 fully saturated rings. The van der Waals surface area contributed by atoms with E-state index in [1.54, 1.807) is 0 Å². The van der Waals surface area contributed by atoms with E-state index in [2.05, 4.69) is 24.3 Å². The van der Waals surface area contributed by atoms with E-state index in [1.165, 1.54) is 49.7 Å². The summed E-state index contributed by atoms with van der Waals surface area (Å²) in [6.45, 7) is 0. The number of aryl methyl sites for hydroxylation is 2. The van der Waals surface area contributed by atoms with Gasteiger partial charge in [-0.3, -0.25) is 10.8 Å². The van der Waals surface area contributed by atoms with Crippen LogP contribution in [-0.4, -0.2) is 11.7 Å². The van der Waals surface area contributed by atoms with Gasteiger partial charge in [0.15, 0.2) is 0 Å². The first-order chi connectivity index (χ1) is 13.5. The van der Waals surface area contributed by atoms with Crippen molar-refractivity contribution in [3.8, 4) is 0 Å². The van der Waals surface area contributed by atoms with Gasteiger partial charge >= 0.3 is 0 Å². The summed E-state index contributed by atoms with van der Waals surface area (Å²) in [6, 6.07) is 16.2. The highest BCUT2D eigenvalue weighted by molar-refractivity contribution is 5.95. The minimum absolute atomic E-state index is 0.147. The zero-order chi connectivity index (χ0) is 19.9. The monoisotopic (exact) mass is 376 g/mol. The SMILES string of the molecule is N=C(N)c1cccc(CCC2CCCC(CCc3cccc(C(=N)N)c3)C2)c1.